The molecule has 0 aliphatic rings. The zero-order valence-electron chi connectivity index (χ0n) is 9.28. The number of benzene rings is 1. The van der Waals surface area contributed by atoms with Crippen LogP contribution in [0.3, 0.4) is 0 Å². The van der Waals surface area contributed by atoms with Crippen molar-refractivity contribution in [3.63, 3.8) is 0 Å². The molecule has 1 rings (SSSR count). The lowest BCUT2D eigenvalue weighted by atomic mass is 10.2. The SMILES string of the molecule is CNC(=O)CN(C)c1ccccc1OC. The van der Waals surface area contributed by atoms with Gasteiger partial charge in [0, 0.05) is 14.1 Å². The number of carbonyl (C=O) groups excluding carboxylic acids is 1. The van der Waals surface area contributed by atoms with E-state index in [-0.39, 0.29) is 5.91 Å². The number of carbonyl (C=O) groups is 1. The summed E-state index contributed by atoms with van der Waals surface area (Å²) in [6.45, 7) is 0.316. The van der Waals surface area contributed by atoms with Crippen LogP contribution in [0.25, 0.3) is 0 Å². The number of likely N-dealkylation sites (N-methyl/N-ethyl adjacent to an activating group) is 2. The van der Waals surface area contributed by atoms with E-state index in [1.807, 2.05) is 36.2 Å². The second kappa shape index (κ2) is 5.24. The Morgan fingerprint density at radius 3 is 2.73 bits per heavy atom. The Bertz CT molecular complexity index is 339. The molecule has 0 saturated carbocycles. The van der Waals surface area contributed by atoms with E-state index in [0.29, 0.717) is 6.54 Å². The summed E-state index contributed by atoms with van der Waals surface area (Å²) in [6, 6.07) is 7.60. The molecule has 0 fully saturated rings. The van der Waals surface area contributed by atoms with Crippen molar-refractivity contribution in [3.05, 3.63) is 24.3 Å². The van der Waals surface area contributed by atoms with Gasteiger partial charge in [0.2, 0.25) is 5.91 Å². The fraction of sp³-hybridized carbons (Fsp3) is 0.364. The van der Waals surface area contributed by atoms with Crippen molar-refractivity contribution in [2.24, 2.45) is 0 Å². The summed E-state index contributed by atoms with van der Waals surface area (Å²) in [6.07, 6.45) is 0. The lowest BCUT2D eigenvalue weighted by Gasteiger charge is -2.20. The largest absolute Gasteiger partial charge is 0.495 e. The van der Waals surface area contributed by atoms with Crippen molar-refractivity contribution in [1.82, 2.24) is 5.32 Å². The smallest absolute Gasteiger partial charge is 0.239 e. The van der Waals surface area contributed by atoms with Crippen molar-refractivity contribution in [3.8, 4) is 5.75 Å². The third-order valence-electron chi connectivity index (χ3n) is 2.16. The first-order chi connectivity index (χ1) is 7.19. The van der Waals surface area contributed by atoms with Crippen LogP contribution in [0.5, 0.6) is 5.75 Å². The zero-order valence-corrected chi connectivity index (χ0v) is 9.28. The lowest BCUT2D eigenvalue weighted by molar-refractivity contribution is -0.119. The second-order valence-corrected chi connectivity index (χ2v) is 3.20. The van der Waals surface area contributed by atoms with Gasteiger partial charge in [-0.15, -0.1) is 0 Å². The molecular weight excluding hydrogens is 192 g/mol. The minimum Gasteiger partial charge on any atom is -0.495 e. The second-order valence-electron chi connectivity index (χ2n) is 3.20. The van der Waals surface area contributed by atoms with Gasteiger partial charge in [0.1, 0.15) is 5.75 Å². The minimum absolute atomic E-state index is 0.0246. The number of amides is 1. The van der Waals surface area contributed by atoms with Gasteiger partial charge in [-0.05, 0) is 12.1 Å². The molecule has 1 aromatic carbocycles. The van der Waals surface area contributed by atoms with E-state index in [1.54, 1.807) is 14.2 Å². The van der Waals surface area contributed by atoms with Crippen molar-refractivity contribution in [1.29, 1.82) is 0 Å². The summed E-state index contributed by atoms with van der Waals surface area (Å²) >= 11 is 0. The molecule has 4 nitrogen and oxygen atoms in total. The van der Waals surface area contributed by atoms with Crippen molar-refractivity contribution < 1.29 is 9.53 Å². The van der Waals surface area contributed by atoms with Gasteiger partial charge in [0.25, 0.3) is 0 Å². The van der Waals surface area contributed by atoms with E-state index < -0.39 is 0 Å². The van der Waals surface area contributed by atoms with Gasteiger partial charge in [-0.1, -0.05) is 12.1 Å². The average Bonchev–Trinajstić information content (AvgIpc) is 2.28. The highest BCUT2D eigenvalue weighted by molar-refractivity contribution is 5.81. The first kappa shape index (κ1) is 11.4. The van der Waals surface area contributed by atoms with Crippen molar-refractivity contribution >= 4 is 11.6 Å². The van der Waals surface area contributed by atoms with Gasteiger partial charge in [-0.25, -0.2) is 0 Å². The number of hydrogen-bond acceptors (Lipinski definition) is 3. The summed E-state index contributed by atoms with van der Waals surface area (Å²) in [7, 11) is 5.10. The van der Waals surface area contributed by atoms with E-state index in [4.69, 9.17) is 4.74 Å². The third kappa shape index (κ3) is 2.87. The molecule has 0 spiro atoms. The molecule has 0 radical (unpaired) electrons. The molecule has 0 atom stereocenters. The predicted octanol–water partition coefficient (Wildman–Crippen LogP) is 0.877. The normalized spacial score (nSPS) is 9.53. The summed E-state index contributed by atoms with van der Waals surface area (Å²) in [5.41, 5.74) is 0.906. The van der Waals surface area contributed by atoms with Gasteiger partial charge in [0.15, 0.2) is 0 Å². The van der Waals surface area contributed by atoms with Crippen molar-refractivity contribution in [2.45, 2.75) is 0 Å². The van der Waals surface area contributed by atoms with E-state index in [0.717, 1.165) is 11.4 Å². The number of hydrogen-bond donors (Lipinski definition) is 1. The molecule has 0 unspecified atom stereocenters. The van der Waals surface area contributed by atoms with E-state index >= 15 is 0 Å². The number of nitrogens with zero attached hydrogens (tertiary/aromatic N) is 1. The Balaban J connectivity index is 2.80. The molecule has 0 heterocycles. The van der Waals surface area contributed by atoms with Crippen LogP contribution in [0.4, 0.5) is 5.69 Å². The Labute approximate surface area is 89.8 Å². The molecular formula is C11H16N2O2. The Kier molecular flexibility index (Phi) is 3.97. The first-order valence-corrected chi connectivity index (χ1v) is 4.73. The van der Waals surface area contributed by atoms with Gasteiger partial charge in [-0.3, -0.25) is 4.79 Å². The summed E-state index contributed by atoms with van der Waals surface area (Å²) < 4.78 is 5.21. The quantitative estimate of drug-likeness (QED) is 0.798. The number of para-hydroxylation sites is 2. The first-order valence-electron chi connectivity index (χ1n) is 4.73. The molecule has 0 aliphatic carbocycles. The van der Waals surface area contributed by atoms with Crippen LogP contribution in [-0.4, -0.2) is 33.7 Å². The molecule has 1 N–H and O–H groups in total. The standard InChI is InChI=1S/C11H16N2O2/c1-12-11(14)8-13(2)9-6-4-5-7-10(9)15-3/h4-7H,8H2,1-3H3,(H,12,14). The van der Waals surface area contributed by atoms with Crippen LogP contribution in [0.15, 0.2) is 24.3 Å². The maximum absolute atomic E-state index is 11.2. The van der Waals surface area contributed by atoms with Crippen LogP contribution in [-0.2, 0) is 4.79 Å². The monoisotopic (exact) mass is 208 g/mol. The highest BCUT2D eigenvalue weighted by atomic mass is 16.5. The van der Waals surface area contributed by atoms with E-state index in [1.165, 1.54) is 0 Å². The highest BCUT2D eigenvalue weighted by Crippen LogP contribution is 2.25. The minimum atomic E-state index is -0.0246. The lowest BCUT2D eigenvalue weighted by Crippen LogP contribution is -2.33. The molecule has 0 saturated heterocycles. The fourth-order valence-electron chi connectivity index (χ4n) is 1.32. The number of ether oxygens (including phenoxy) is 1. The molecule has 4 heteroatoms. The highest BCUT2D eigenvalue weighted by Gasteiger charge is 2.09. The van der Waals surface area contributed by atoms with Crippen LogP contribution in [0.1, 0.15) is 0 Å². The summed E-state index contributed by atoms with van der Waals surface area (Å²) in [5.74, 6) is 0.743. The van der Waals surface area contributed by atoms with Crippen LogP contribution in [0.2, 0.25) is 0 Å². The van der Waals surface area contributed by atoms with Crippen LogP contribution >= 0.6 is 0 Å². The number of nitrogens with one attached hydrogen (secondary N) is 1. The van der Waals surface area contributed by atoms with E-state index in [2.05, 4.69) is 5.32 Å². The number of rotatable bonds is 4. The predicted molar refractivity (Wildman–Crippen MR) is 60.3 cm³/mol. The molecule has 82 valence electrons. The molecule has 1 amide bonds. The van der Waals surface area contributed by atoms with Gasteiger partial charge >= 0.3 is 0 Å². The Morgan fingerprint density at radius 2 is 2.13 bits per heavy atom. The maximum Gasteiger partial charge on any atom is 0.239 e. The molecule has 0 bridgehead atoms. The molecule has 0 aliphatic heterocycles. The molecule has 1 aromatic rings. The van der Waals surface area contributed by atoms with Crippen LogP contribution in [0, 0.1) is 0 Å². The zero-order chi connectivity index (χ0) is 11.3. The number of anilines is 1. The van der Waals surface area contributed by atoms with Gasteiger partial charge < -0.3 is 15.0 Å². The molecule has 15 heavy (non-hydrogen) atoms. The van der Waals surface area contributed by atoms with E-state index in [9.17, 15) is 4.79 Å². The maximum atomic E-state index is 11.2. The summed E-state index contributed by atoms with van der Waals surface area (Å²) in [5, 5.41) is 2.58. The number of methoxy groups -OCH3 is 1. The Hall–Kier alpha value is -1.71. The van der Waals surface area contributed by atoms with Gasteiger partial charge in [0.05, 0.1) is 19.3 Å². The molecule has 0 aromatic heterocycles. The Morgan fingerprint density at radius 1 is 1.47 bits per heavy atom. The topological polar surface area (TPSA) is 41.6 Å². The van der Waals surface area contributed by atoms with Crippen molar-refractivity contribution in [2.75, 3.05) is 32.6 Å². The van der Waals surface area contributed by atoms with Crippen LogP contribution < -0.4 is 15.0 Å². The van der Waals surface area contributed by atoms with Gasteiger partial charge in [-0.2, -0.15) is 0 Å². The third-order valence-corrected chi connectivity index (χ3v) is 2.16. The fourth-order valence-corrected chi connectivity index (χ4v) is 1.32. The average molecular weight is 208 g/mol. The summed E-state index contributed by atoms with van der Waals surface area (Å²) in [4.78, 5) is 13.0.